The van der Waals surface area contributed by atoms with Crippen molar-refractivity contribution in [1.82, 2.24) is 10.2 Å². The number of carbonyl (C=O) groups excluding carboxylic acids is 1. The number of aryl methyl sites for hydroxylation is 2. The number of nitrogens with zero attached hydrogens (tertiary/aromatic N) is 1. The lowest BCUT2D eigenvalue weighted by molar-refractivity contribution is 0.0921. The SMILES string of the molecule is Cc1ccc(C(=O)NCC(C)N2CCC(C)CC2)cc1C. The van der Waals surface area contributed by atoms with E-state index in [1.54, 1.807) is 0 Å². The minimum atomic E-state index is 0.0373. The molecule has 1 saturated heterocycles. The first kappa shape index (κ1) is 16.0. The molecule has 1 fully saturated rings. The number of nitrogens with one attached hydrogen (secondary N) is 1. The highest BCUT2D eigenvalue weighted by Gasteiger charge is 2.20. The van der Waals surface area contributed by atoms with E-state index in [4.69, 9.17) is 0 Å². The van der Waals surface area contributed by atoms with Crippen LogP contribution in [0, 0.1) is 19.8 Å². The van der Waals surface area contributed by atoms with Gasteiger partial charge in [-0.2, -0.15) is 0 Å². The van der Waals surface area contributed by atoms with Gasteiger partial charge in [-0.25, -0.2) is 0 Å². The molecular formula is C18H28N2O. The maximum atomic E-state index is 12.2. The van der Waals surface area contributed by atoms with Crippen LogP contribution in [0.3, 0.4) is 0 Å². The molecule has 3 nitrogen and oxygen atoms in total. The zero-order valence-electron chi connectivity index (χ0n) is 13.8. The number of carbonyl (C=O) groups is 1. The van der Waals surface area contributed by atoms with Crippen molar-refractivity contribution in [1.29, 1.82) is 0 Å². The van der Waals surface area contributed by atoms with Gasteiger partial charge in [0.05, 0.1) is 0 Å². The van der Waals surface area contributed by atoms with E-state index in [0.717, 1.165) is 31.1 Å². The molecule has 1 amide bonds. The predicted octanol–water partition coefficient (Wildman–Crippen LogP) is 3.15. The number of hydrogen-bond acceptors (Lipinski definition) is 2. The summed E-state index contributed by atoms with van der Waals surface area (Å²) in [6.07, 6.45) is 2.55. The van der Waals surface area contributed by atoms with Gasteiger partial charge in [0, 0.05) is 18.2 Å². The van der Waals surface area contributed by atoms with E-state index in [9.17, 15) is 4.79 Å². The first-order valence-corrected chi connectivity index (χ1v) is 8.07. The van der Waals surface area contributed by atoms with Crippen molar-refractivity contribution in [3.63, 3.8) is 0 Å². The van der Waals surface area contributed by atoms with Crippen LogP contribution in [0.2, 0.25) is 0 Å². The molecule has 1 aliphatic rings. The van der Waals surface area contributed by atoms with Crippen molar-refractivity contribution >= 4 is 5.91 Å². The van der Waals surface area contributed by atoms with Gasteiger partial charge >= 0.3 is 0 Å². The highest BCUT2D eigenvalue weighted by Crippen LogP contribution is 2.17. The molecule has 1 atom stereocenters. The van der Waals surface area contributed by atoms with Gasteiger partial charge in [-0.15, -0.1) is 0 Å². The number of likely N-dealkylation sites (tertiary alicyclic amines) is 1. The Bertz CT molecular complexity index is 490. The summed E-state index contributed by atoms with van der Waals surface area (Å²) < 4.78 is 0. The Labute approximate surface area is 128 Å². The molecule has 116 valence electrons. The van der Waals surface area contributed by atoms with Crippen LogP contribution < -0.4 is 5.32 Å². The van der Waals surface area contributed by atoms with E-state index in [0.29, 0.717) is 6.04 Å². The lowest BCUT2D eigenvalue weighted by Gasteiger charge is -2.35. The third kappa shape index (κ3) is 4.31. The summed E-state index contributed by atoms with van der Waals surface area (Å²) in [7, 11) is 0. The first-order chi connectivity index (χ1) is 9.97. The maximum Gasteiger partial charge on any atom is 0.251 e. The van der Waals surface area contributed by atoms with Crippen molar-refractivity contribution in [2.75, 3.05) is 19.6 Å². The summed E-state index contributed by atoms with van der Waals surface area (Å²) in [5.41, 5.74) is 3.15. The molecule has 1 aliphatic heterocycles. The summed E-state index contributed by atoms with van der Waals surface area (Å²) in [4.78, 5) is 14.7. The van der Waals surface area contributed by atoms with Crippen molar-refractivity contribution in [2.24, 2.45) is 5.92 Å². The molecule has 0 bridgehead atoms. The Balaban J connectivity index is 1.84. The zero-order chi connectivity index (χ0) is 15.4. The fraction of sp³-hybridized carbons (Fsp3) is 0.611. The second-order valence-electron chi connectivity index (χ2n) is 6.58. The van der Waals surface area contributed by atoms with E-state index in [2.05, 4.69) is 31.0 Å². The first-order valence-electron chi connectivity index (χ1n) is 8.07. The zero-order valence-corrected chi connectivity index (χ0v) is 13.8. The molecule has 0 saturated carbocycles. The average molecular weight is 288 g/mol. The molecule has 0 aliphatic carbocycles. The van der Waals surface area contributed by atoms with Crippen LogP contribution in [-0.4, -0.2) is 36.5 Å². The second kappa shape index (κ2) is 7.08. The van der Waals surface area contributed by atoms with Crippen molar-refractivity contribution < 1.29 is 4.79 Å². The summed E-state index contributed by atoms with van der Waals surface area (Å²) in [5, 5.41) is 3.07. The molecule has 3 heteroatoms. The van der Waals surface area contributed by atoms with Crippen molar-refractivity contribution in [3.8, 4) is 0 Å². The van der Waals surface area contributed by atoms with E-state index < -0.39 is 0 Å². The largest absolute Gasteiger partial charge is 0.350 e. The van der Waals surface area contributed by atoms with E-state index in [1.807, 2.05) is 25.1 Å². The van der Waals surface area contributed by atoms with Crippen LogP contribution in [0.4, 0.5) is 0 Å². The minimum absolute atomic E-state index is 0.0373. The smallest absolute Gasteiger partial charge is 0.251 e. The highest BCUT2D eigenvalue weighted by molar-refractivity contribution is 5.94. The number of amides is 1. The van der Waals surface area contributed by atoms with Gasteiger partial charge in [0.15, 0.2) is 0 Å². The van der Waals surface area contributed by atoms with Gasteiger partial charge in [0.1, 0.15) is 0 Å². The van der Waals surface area contributed by atoms with Gasteiger partial charge in [-0.05, 0) is 75.9 Å². The van der Waals surface area contributed by atoms with Gasteiger partial charge in [-0.1, -0.05) is 13.0 Å². The Morgan fingerprint density at radius 2 is 1.95 bits per heavy atom. The third-order valence-corrected chi connectivity index (χ3v) is 4.77. The summed E-state index contributed by atoms with van der Waals surface area (Å²) in [5.74, 6) is 0.883. The van der Waals surface area contributed by atoms with E-state index >= 15 is 0 Å². The Kier molecular flexibility index (Phi) is 5.40. The number of benzene rings is 1. The average Bonchev–Trinajstić information content (AvgIpc) is 2.48. The summed E-state index contributed by atoms with van der Waals surface area (Å²) >= 11 is 0. The Morgan fingerprint density at radius 1 is 1.29 bits per heavy atom. The molecule has 21 heavy (non-hydrogen) atoms. The second-order valence-corrected chi connectivity index (χ2v) is 6.58. The fourth-order valence-electron chi connectivity index (χ4n) is 2.82. The highest BCUT2D eigenvalue weighted by atomic mass is 16.1. The number of rotatable bonds is 4. The molecule has 1 N–H and O–H groups in total. The molecule has 1 heterocycles. The molecule has 1 aromatic carbocycles. The van der Waals surface area contributed by atoms with Gasteiger partial charge in [0.25, 0.3) is 5.91 Å². The van der Waals surface area contributed by atoms with Crippen LogP contribution in [0.25, 0.3) is 0 Å². The summed E-state index contributed by atoms with van der Waals surface area (Å²) in [6.45, 7) is 11.7. The van der Waals surface area contributed by atoms with E-state index in [1.165, 1.54) is 24.0 Å². The molecule has 0 radical (unpaired) electrons. The molecule has 1 aromatic rings. The van der Waals surface area contributed by atoms with Gasteiger partial charge in [0.2, 0.25) is 0 Å². The Hall–Kier alpha value is -1.35. The van der Waals surface area contributed by atoms with Crippen LogP contribution >= 0.6 is 0 Å². The lowest BCUT2D eigenvalue weighted by Crippen LogP contribution is -2.45. The molecular weight excluding hydrogens is 260 g/mol. The minimum Gasteiger partial charge on any atom is -0.350 e. The monoisotopic (exact) mass is 288 g/mol. The lowest BCUT2D eigenvalue weighted by atomic mass is 9.98. The topological polar surface area (TPSA) is 32.3 Å². The van der Waals surface area contributed by atoms with Crippen molar-refractivity contribution in [3.05, 3.63) is 34.9 Å². The van der Waals surface area contributed by atoms with E-state index in [-0.39, 0.29) is 5.91 Å². The van der Waals surface area contributed by atoms with Crippen LogP contribution in [0.15, 0.2) is 18.2 Å². The quantitative estimate of drug-likeness (QED) is 0.923. The van der Waals surface area contributed by atoms with Gasteiger partial charge < -0.3 is 5.32 Å². The third-order valence-electron chi connectivity index (χ3n) is 4.77. The van der Waals surface area contributed by atoms with Crippen LogP contribution in [-0.2, 0) is 0 Å². The molecule has 1 unspecified atom stereocenters. The van der Waals surface area contributed by atoms with Crippen LogP contribution in [0.5, 0.6) is 0 Å². The number of piperidine rings is 1. The van der Waals surface area contributed by atoms with Crippen LogP contribution in [0.1, 0.15) is 48.2 Å². The standard InChI is InChI=1S/C18H28N2O/c1-13-7-9-20(10-8-13)16(4)12-19-18(21)17-6-5-14(2)15(3)11-17/h5-6,11,13,16H,7-10,12H2,1-4H3,(H,19,21). The fourth-order valence-corrected chi connectivity index (χ4v) is 2.82. The molecule has 0 aromatic heterocycles. The predicted molar refractivity (Wildman–Crippen MR) is 87.7 cm³/mol. The summed E-state index contributed by atoms with van der Waals surface area (Å²) in [6, 6.07) is 6.30. The maximum absolute atomic E-state index is 12.2. The van der Waals surface area contributed by atoms with Gasteiger partial charge in [-0.3, -0.25) is 9.69 Å². The Morgan fingerprint density at radius 3 is 2.57 bits per heavy atom. The normalized spacial score (nSPS) is 18.5. The molecule has 2 rings (SSSR count). The molecule has 0 spiro atoms. The number of hydrogen-bond donors (Lipinski definition) is 1. The van der Waals surface area contributed by atoms with Crippen molar-refractivity contribution in [2.45, 2.75) is 46.6 Å².